The monoisotopic (exact) mass is 270 g/mol. The maximum atomic E-state index is 11.8. The fourth-order valence-electron chi connectivity index (χ4n) is 1.60. The van der Waals surface area contributed by atoms with E-state index < -0.39 is 5.97 Å². The van der Waals surface area contributed by atoms with Gasteiger partial charge in [-0.15, -0.1) is 11.3 Å². The summed E-state index contributed by atoms with van der Waals surface area (Å²) < 4.78 is 0. The van der Waals surface area contributed by atoms with Gasteiger partial charge in [-0.05, 0) is 26.7 Å². The molecule has 0 aliphatic carbocycles. The van der Waals surface area contributed by atoms with Crippen molar-refractivity contribution in [2.24, 2.45) is 0 Å². The lowest BCUT2D eigenvalue weighted by Crippen LogP contribution is -2.25. The number of carbonyl (C=O) groups is 2. The topological polar surface area (TPSA) is 79.3 Å². The van der Waals surface area contributed by atoms with E-state index in [-0.39, 0.29) is 12.3 Å². The third-order valence-corrected chi connectivity index (χ3v) is 3.36. The Balaban J connectivity index is 2.22. The van der Waals surface area contributed by atoms with Gasteiger partial charge in [0.15, 0.2) is 0 Å². The molecule has 0 spiro atoms. The molecule has 1 amide bonds. The second-order valence-electron chi connectivity index (χ2n) is 4.10. The zero-order valence-corrected chi connectivity index (χ0v) is 11.5. The average Bonchev–Trinajstić information content (AvgIpc) is 2.62. The second kappa shape index (κ2) is 7.10. The van der Waals surface area contributed by atoms with E-state index in [1.54, 1.807) is 0 Å². The van der Waals surface area contributed by atoms with Gasteiger partial charge in [-0.2, -0.15) is 0 Å². The van der Waals surface area contributed by atoms with Gasteiger partial charge in [0.1, 0.15) is 5.69 Å². The lowest BCUT2D eigenvalue weighted by Gasteiger charge is -2.03. The molecule has 0 aliphatic heterocycles. The molecule has 1 rings (SSSR count). The fraction of sp³-hybridized carbons (Fsp3) is 0.583. The van der Waals surface area contributed by atoms with Crippen molar-refractivity contribution in [1.29, 1.82) is 0 Å². The number of carbonyl (C=O) groups excluding carboxylic acids is 1. The summed E-state index contributed by atoms with van der Waals surface area (Å²) in [6.45, 7) is 4.32. The van der Waals surface area contributed by atoms with E-state index in [1.807, 2.05) is 13.8 Å². The Morgan fingerprint density at radius 3 is 2.56 bits per heavy atom. The van der Waals surface area contributed by atoms with Gasteiger partial charge in [-0.1, -0.05) is 6.42 Å². The highest BCUT2D eigenvalue weighted by Crippen LogP contribution is 2.16. The number of rotatable bonds is 7. The van der Waals surface area contributed by atoms with E-state index in [0.29, 0.717) is 18.7 Å². The molecule has 0 saturated heterocycles. The number of carboxylic acids is 1. The third-order valence-electron chi connectivity index (χ3n) is 2.47. The van der Waals surface area contributed by atoms with E-state index >= 15 is 0 Å². The number of amides is 1. The summed E-state index contributed by atoms with van der Waals surface area (Å²) in [5, 5.41) is 12.2. The zero-order chi connectivity index (χ0) is 13.5. The molecule has 0 radical (unpaired) electrons. The van der Waals surface area contributed by atoms with E-state index in [1.165, 1.54) is 11.3 Å². The van der Waals surface area contributed by atoms with Crippen LogP contribution >= 0.6 is 11.3 Å². The number of unbranched alkanes of at least 4 members (excludes halogenated alkanes) is 2. The van der Waals surface area contributed by atoms with Crippen molar-refractivity contribution >= 4 is 23.2 Å². The Morgan fingerprint density at radius 2 is 2.00 bits per heavy atom. The van der Waals surface area contributed by atoms with Crippen LogP contribution in [0.4, 0.5) is 0 Å². The van der Waals surface area contributed by atoms with E-state index in [4.69, 9.17) is 5.11 Å². The highest BCUT2D eigenvalue weighted by molar-refractivity contribution is 7.11. The maximum Gasteiger partial charge on any atom is 0.303 e. The van der Waals surface area contributed by atoms with Gasteiger partial charge in [-0.3, -0.25) is 9.59 Å². The molecule has 1 heterocycles. The van der Waals surface area contributed by atoms with Crippen LogP contribution in [0.3, 0.4) is 0 Å². The minimum Gasteiger partial charge on any atom is -0.481 e. The minimum atomic E-state index is -0.771. The Hall–Kier alpha value is -1.43. The van der Waals surface area contributed by atoms with Crippen molar-refractivity contribution in [3.63, 3.8) is 0 Å². The molecular formula is C12H18N2O3S. The molecular weight excluding hydrogens is 252 g/mol. The first-order valence-corrected chi connectivity index (χ1v) is 6.76. The molecule has 0 unspecified atom stereocenters. The van der Waals surface area contributed by atoms with Crippen molar-refractivity contribution in [3.8, 4) is 0 Å². The number of nitrogens with zero attached hydrogens (tertiary/aromatic N) is 1. The van der Waals surface area contributed by atoms with Crippen molar-refractivity contribution < 1.29 is 14.7 Å². The normalized spacial score (nSPS) is 10.3. The van der Waals surface area contributed by atoms with Crippen LogP contribution in [0.2, 0.25) is 0 Å². The van der Waals surface area contributed by atoms with Crippen LogP contribution in [0, 0.1) is 13.8 Å². The molecule has 1 aromatic rings. The van der Waals surface area contributed by atoms with Crippen LogP contribution in [-0.2, 0) is 4.79 Å². The molecule has 100 valence electrons. The summed E-state index contributed by atoms with van der Waals surface area (Å²) in [4.78, 5) is 27.2. The Labute approximate surface area is 110 Å². The summed E-state index contributed by atoms with van der Waals surface area (Å²) in [7, 11) is 0. The molecule has 0 atom stereocenters. The Morgan fingerprint density at radius 1 is 1.28 bits per heavy atom. The summed E-state index contributed by atoms with van der Waals surface area (Å²) in [6.07, 6.45) is 2.45. The van der Waals surface area contributed by atoms with Crippen molar-refractivity contribution in [1.82, 2.24) is 10.3 Å². The van der Waals surface area contributed by atoms with Gasteiger partial charge in [0.25, 0.3) is 5.91 Å². The third kappa shape index (κ3) is 4.83. The number of aromatic nitrogens is 1. The van der Waals surface area contributed by atoms with Crippen LogP contribution in [0.25, 0.3) is 0 Å². The van der Waals surface area contributed by atoms with Crippen LogP contribution in [0.1, 0.15) is 46.1 Å². The zero-order valence-electron chi connectivity index (χ0n) is 10.7. The summed E-state index contributed by atoms with van der Waals surface area (Å²) in [5.41, 5.74) is 0.503. The predicted octanol–water partition coefficient (Wildman–Crippen LogP) is 2.13. The smallest absolute Gasteiger partial charge is 0.303 e. The van der Waals surface area contributed by atoms with Crippen molar-refractivity contribution in [2.45, 2.75) is 39.5 Å². The van der Waals surface area contributed by atoms with Gasteiger partial charge in [0.2, 0.25) is 0 Å². The summed E-state index contributed by atoms with van der Waals surface area (Å²) in [6, 6.07) is 0. The average molecular weight is 270 g/mol. The number of hydrogen-bond acceptors (Lipinski definition) is 4. The van der Waals surface area contributed by atoms with Crippen LogP contribution in [0.5, 0.6) is 0 Å². The molecule has 0 aromatic carbocycles. The Bertz CT molecular complexity index is 429. The molecule has 0 fully saturated rings. The van der Waals surface area contributed by atoms with Crippen molar-refractivity contribution in [3.05, 3.63) is 15.6 Å². The lowest BCUT2D eigenvalue weighted by molar-refractivity contribution is -0.137. The molecule has 0 aliphatic rings. The Kier molecular flexibility index (Phi) is 5.77. The second-order valence-corrected chi connectivity index (χ2v) is 5.51. The highest BCUT2D eigenvalue weighted by atomic mass is 32.1. The van der Waals surface area contributed by atoms with Gasteiger partial charge >= 0.3 is 5.97 Å². The van der Waals surface area contributed by atoms with E-state index in [9.17, 15) is 9.59 Å². The van der Waals surface area contributed by atoms with Crippen LogP contribution < -0.4 is 5.32 Å². The number of carboxylic acid groups (broad SMARTS) is 1. The summed E-state index contributed by atoms with van der Waals surface area (Å²) in [5.74, 6) is -0.914. The molecule has 1 aromatic heterocycles. The maximum absolute atomic E-state index is 11.8. The molecule has 6 heteroatoms. The molecule has 0 saturated carbocycles. The first-order chi connectivity index (χ1) is 8.50. The largest absolute Gasteiger partial charge is 0.481 e. The SMILES string of the molecule is Cc1nc(C(=O)NCCCCCC(=O)O)c(C)s1. The van der Waals surface area contributed by atoms with Gasteiger partial charge in [-0.25, -0.2) is 4.98 Å². The summed E-state index contributed by atoms with van der Waals surface area (Å²) >= 11 is 1.51. The molecule has 0 bridgehead atoms. The van der Waals surface area contributed by atoms with E-state index in [0.717, 1.165) is 22.7 Å². The number of aliphatic carboxylic acids is 1. The van der Waals surface area contributed by atoms with Crippen LogP contribution in [0.15, 0.2) is 0 Å². The molecule has 18 heavy (non-hydrogen) atoms. The highest BCUT2D eigenvalue weighted by Gasteiger charge is 2.12. The molecule has 5 nitrogen and oxygen atoms in total. The van der Waals surface area contributed by atoms with Gasteiger partial charge < -0.3 is 10.4 Å². The van der Waals surface area contributed by atoms with Gasteiger partial charge in [0.05, 0.1) is 5.01 Å². The minimum absolute atomic E-state index is 0.143. The lowest BCUT2D eigenvalue weighted by atomic mass is 10.2. The van der Waals surface area contributed by atoms with Crippen molar-refractivity contribution in [2.75, 3.05) is 6.54 Å². The first-order valence-electron chi connectivity index (χ1n) is 5.94. The number of hydrogen-bond donors (Lipinski definition) is 2. The standard InChI is InChI=1S/C12H18N2O3S/c1-8-11(14-9(2)18-8)12(17)13-7-5-3-4-6-10(15)16/h3-7H2,1-2H3,(H,13,17)(H,15,16). The number of nitrogens with one attached hydrogen (secondary N) is 1. The fourth-order valence-corrected chi connectivity index (χ4v) is 2.42. The van der Waals surface area contributed by atoms with Gasteiger partial charge in [0, 0.05) is 17.8 Å². The number of aryl methyl sites for hydroxylation is 2. The van der Waals surface area contributed by atoms with Crippen LogP contribution in [-0.4, -0.2) is 28.5 Å². The molecule has 2 N–H and O–H groups in total. The predicted molar refractivity (Wildman–Crippen MR) is 70.0 cm³/mol. The first kappa shape index (κ1) is 14.6. The number of thiazole rings is 1. The van der Waals surface area contributed by atoms with E-state index in [2.05, 4.69) is 10.3 Å². The quantitative estimate of drug-likeness (QED) is 0.744.